The fraction of sp³-hybridized carbons (Fsp3) is 0.400. The lowest BCUT2D eigenvalue weighted by molar-refractivity contribution is -0.125. The molecule has 8 heteroatoms. The molecule has 0 unspecified atom stereocenters. The number of alkyl halides is 2. The summed E-state index contributed by atoms with van der Waals surface area (Å²) >= 11 is 0. The van der Waals surface area contributed by atoms with Gasteiger partial charge in [-0.15, -0.1) is 0 Å². The molecule has 0 radical (unpaired) electrons. The van der Waals surface area contributed by atoms with Crippen molar-refractivity contribution in [3.63, 3.8) is 0 Å². The van der Waals surface area contributed by atoms with Gasteiger partial charge in [-0.3, -0.25) is 14.5 Å². The maximum Gasteiger partial charge on any atom is 0.257 e. The Morgan fingerprint density at radius 2 is 1.97 bits per heavy atom. The van der Waals surface area contributed by atoms with Gasteiger partial charge in [0, 0.05) is 37.2 Å². The summed E-state index contributed by atoms with van der Waals surface area (Å²) in [4.78, 5) is 33.0. The molecular weight excluding hydrogens is 426 g/mol. The van der Waals surface area contributed by atoms with Crippen LogP contribution in [0.15, 0.2) is 53.5 Å². The first-order chi connectivity index (χ1) is 15.8. The Bertz CT molecular complexity index is 1230. The molecule has 2 aromatic heterocycles. The van der Waals surface area contributed by atoms with E-state index in [0.717, 1.165) is 10.9 Å². The van der Waals surface area contributed by atoms with E-state index in [4.69, 9.17) is 0 Å². The summed E-state index contributed by atoms with van der Waals surface area (Å²) in [5, 5.41) is 3.87. The number of aromatic amines is 1. The molecule has 172 valence electrons. The summed E-state index contributed by atoms with van der Waals surface area (Å²) in [5.41, 5.74) is 2.15. The highest BCUT2D eigenvalue weighted by atomic mass is 19.3. The number of H-pyrrole nitrogens is 1. The SMILES string of the molecule is C[C@@H](C(=O)Nc1ccc2cc(C3CC3)ccc2n1)N1CCC(F)(F)[C@@H](c2ccc(=O)[nH]c2)C1. The average Bonchev–Trinajstić information content (AvgIpc) is 3.64. The quantitative estimate of drug-likeness (QED) is 0.607. The largest absolute Gasteiger partial charge is 0.329 e. The molecule has 1 aromatic carbocycles. The number of nitrogens with zero attached hydrogens (tertiary/aromatic N) is 2. The molecule has 5 rings (SSSR count). The van der Waals surface area contributed by atoms with E-state index in [2.05, 4.69) is 27.4 Å². The Morgan fingerprint density at radius 1 is 1.18 bits per heavy atom. The third-order valence-corrected chi connectivity index (χ3v) is 6.81. The van der Waals surface area contributed by atoms with Crippen molar-refractivity contribution in [2.45, 2.75) is 50.0 Å². The van der Waals surface area contributed by atoms with Crippen LogP contribution in [0, 0.1) is 0 Å². The third-order valence-electron chi connectivity index (χ3n) is 6.81. The molecule has 1 saturated heterocycles. The Hall–Kier alpha value is -3.13. The van der Waals surface area contributed by atoms with Crippen molar-refractivity contribution in [3.05, 3.63) is 70.1 Å². The summed E-state index contributed by atoms with van der Waals surface area (Å²) in [5.74, 6) is -3.20. The lowest BCUT2D eigenvalue weighted by Gasteiger charge is -2.40. The van der Waals surface area contributed by atoms with E-state index < -0.39 is 17.9 Å². The lowest BCUT2D eigenvalue weighted by atomic mass is 9.87. The van der Waals surface area contributed by atoms with Gasteiger partial charge in [0.25, 0.3) is 5.92 Å². The highest BCUT2D eigenvalue weighted by Gasteiger charge is 2.46. The smallest absolute Gasteiger partial charge is 0.257 e. The Morgan fingerprint density at radius 3 is 2.70 bits per heavy atom. The highest BCUT2D eigenvalue weighted by molar-refractivity contribution is 5.95. The average molecular weight is 453 g/mol. The molecule has 1 aliphatic heterocycles. The van der Waals surface area contributed by atoms with Crippen molar-refractivity contribution in [1.29, 1.82) is 0 Å². The number of benzene rings is 1. The van der Waals surface area contributed by atoms with Crippen LogP contribution in [0.25, 0.3) is 10.9 Å². The molecule has 2 aliphatic rings. The summed E-state index contributed by atoms with van der Waals surface area (Å²) in [6, 6.07) is 12.0. The van der Waals surface area contributed by atoms with Gasteiger partial charge in [-0.05, 0) is 61.1 Å². The van der Waals surface area contributed by atoms with Crippen LogP contribution in [0.5, 0.6) is 0 Å². The number of likely N-dealkylation sites (tertiary alicyclic amines) is 1. The Labute approximate surface area is 190 Å². The zero-order chi connectivity index (χ0) is 23.2. The normalized spacial score (nSPS) is 21.6. The van der Waals surface area contributed by atoms with Crippen LogP contribution in [0.3, 0.4) is 0 Å². The van der Waals surface area contributed by atoms with Crippen molar-refractivity contribution in [2.75, 3.05) is 18.4 Å². The molecular formula is C25H26F2N4O2. The molecule has 1 aliphatic carbocycles. The number of hydrogen-bond donors (Lipinski definition) is 2. The number of anilines is 1. The van der Waals surface area contributed by atoms with E-state index in [1.165, 1.54) is 36.7 Å². The number of fused-ring (bicyclic) bond motifs is 1. The minimum Gasteiger partial charge on any atom is -0.329 e. The summed E-state index contributed by atoms with van der Waals surface area (Å²) in [6.45, 7) is 1.84. The first kappa shape index (κ1) is 21.7. The summed E-state index contributed by atoms with van der Waals surface area (Å²) < 4.78 is 29.3. The van der Waals surface area contributed by atoms with Crippen molar-refractivity contribution >= 4 is 22.6 Å². The van der Waals surface area contributed by atoms with Gasteiger partial charge in [0.1, 0.15) is 5.82 Å². The maximum atomic E-state index is 14.6. The van der Waals surface area contributed by atoms with Crippen LogP contribution in [0.4, 0.5) is 14.6 Å². The second-order valence-electron chi connectivity index (χ2n) is 9.13. The number of nitrogens with one attached hydrogen (secondary N) is 2. The van der Waals surface area contributed by atoms with Gasteiger partial charge in [0.15, 0.2) is 0 Å². The number of aromatic nitrogens is 2. The van der Waals surface area contributed by atoms with E-state index in [-0.39, 0.29) is 31.0 Å². The second kappa shape index (κ2) is 8.33. The molecule has 3 aromatic rings. The van der Waals surface area contributed by atoms with Crippen molar-refractivity contribution in [2.24, 2.45) is 0 Å². The minimum atomic E-state index is -2.91. The van der Waals surface area contributed by atoms with Crippen molar-refractivity contribution in [1.82, 2.24) is 14.9 Å². The van der Waals surface area contributed by atoms with Gasteiger partial charge < -0.3 is 10.3 Å². The molecule has 1 amide bonds. The second-order valence-corrected chi connectivity index (χ2v) is 9.13. The number of pyridine rings is 2. The molecule has 1 saturated carbocycles. The monoisotopic (exact) mass is 452 g/mol. The third kappa shape index (κ3) is 4.53. The molecule has 0 bridgehead atoms. The van der Waals surface area contributed by atoms with E-state index in [1.54, 1.807) is 17.9 Å². The van der Waals surface area contributed by atoms with Crippen LogP contribution in [0.1, 0.15) is 49.1 Å². The number of carbonyl (C=O) groups is 1. The van der Waals surface area contributed by atoms with Gasteiger partial charge in [0.05, 0.1) is 17.5 Å². The highest BCUT2D eigenvalue weighted by Crippen LogP contribution is 2.41. The van der Waals surface area contributed by atoms with Gasteiger partial charge in [-0.2, -0.15) is 0 Å². The standard InChI is InChI=1S/C25H26F2N4O2/c1-15(31-11-10-25(26,27)20(14-31)19-6-9-23(32)28-13-19)24(33)30-22-8-5-18-12-17(16-2-3-16)4-7-21(18)29-22/h4-9,12-13,15-16,20H,2-3,10-11,14H2,1H3,(H,28,32)(H,29,30,33)/t15-,20+/m0/s1. The van der Waals surface area contributed by atoms with E-state index in [1.807, 2.05) is 12.1 Å². The number of rotatable bonds is 5. The molecule has 2 atom stereocenters. The summed E-state index contributed by atoms with van der Waals surface area (Å²) in [7, 11) is 0. The summed E-state index contributed by atoms with van der Waals surface area (Å²) in [6.07, 6.45) is 3.45. The maximum absolute atomic E-state index is 14.6. The zero-order valence-corrected chi connectivity index (χ0v) is 18.4. The molecule has 3 heterocycles. The predicted octanol–water partition coefficient (Wildman–Crippen LogP) is 4.25. The minimum absolute atomic E-state index is 0.0166. The first-order valence-electron chi connectivity index (χ1n) is 11.3. The zero-order valence-electron chi connectivity index (χ0n) is 18.4. The number of carbonyl (C=O) groups excluding carboxylic acids is 1. The molecule has 6 nitrogen and oxygen atoms in total. The fourth-order valence-electron chi connectivity index (χ4n) is 4.55. The van der Waals surface area contributed by atoms with Crippen LogP contribution in [-0.4, -0.2) is 45.8 Å². The molecule has 2 N–H and O–H groups in total. The van der Waals surface area contributed by atoms with Gasteiger partial charge in [-0.1, -0.05) is 12.1 Å². The van der Waals surface area contributed by atoms with Gasteiger partial charge >= 0.3 is 0 Å². The number of halogens is 2. The molecule has 33 heavy (non-hydrogen) atoms. The molecule has 2 fully saturated rings. The van der Waals surface area contributed by atoms with Crippen LogP contribution in [-0.2, 0) is 4.79 Å². The van der Waals surface area contributed by atoms with E-state index in [9.17, 15) is 18.4 Å². The van der Waals surface area contributed by atoms with Gasteiger partial charge in [0.2, 0.25) is 11.5 Å². The van der Waals surface area contributed by atoms with Crippen LogP contribution in [0.2, 0.25) is 0 Å². The van der Waals surface area contributed by atoms with Crippen LogP contribution >= 0.6 is 0 Å². The Balaban J connectivity index is 1.29. The molecule has 0 spiro atoms. The number of hydrogen-bond acceptors (Lipinski definition) is 4. The van der Waals surface area contributed by atoms with Crippen molar-refractivity contribution < 1.29 is 13.6 Å². The number of piperidine rings is 1. The fourth-order valence-corrected chi connectivity index (χ4v) is 4.55. The van der Waals surface area contributed by atoms with E-state index in [0.29, 0.717) is 17.3 Å². The van der Waals surface area contributed by atoms with Crippen molar-refractivity contribution in [3.8, 4) is 0 Å². The first-order valence-corrected chi connectivity index (χ1v) is 11.3. The lowest BCUT2D eigenvalue weighted by Crippen LogP contribution is -2.52. The van der Waals surface area contributed by atoms with Gasteiger partial charge in [-0.25, -0.2) is 13.8 Å². The van der Waals surface area contributed by atoms with Crippen LogP contribution < -0.4 is 10.9 Å². The van der Waals surface area contributed by atoms with E-state index >= 15 is 0 Å². The topological polar surface area (TPSA) is 78.1 Å². The Kier molecular flexibility index (Phi) is 5.48. The predicted molar refractivity (Wildman–Crippen MR) is 123 cm³/mol. The number of amides is 1.